The van der Waals surface area contributed by atoms with Crippen molar-refractivity contribution < 1.29 is 19.0 Å². The number of aromatic carboxylic acids is 1. The van der Waals surface area contributed by atoms with E-state index in [-0.39, 0.29) is 10.9 Å². The minimum Gasteiger partial charge on any atom is -0.494 e. The molecule has 29 heavy (non-hydrogen) atoms. The Bertz CT molecular complexity index is 1190. The van der Waals surface area contributed by atoms with Crippen LogP contribution < -0.4 is 4.74 Å². The van der Waals surface area contributed by atoms with Gasteiger partial charge in [0.15, 0.2) is 0 Å². The number of nitrogens with zero attached hydrogens (tertiary/aromatic N) is 1. The maximum absolute atomic E-state index is 13.5. The molecule has 0 saturated heterocycles. The molecule has 0 radical (unpaired) electrons. The van der Waals surface area contributed by atoms with Crippen molar-refractivity contribution in [2.75, 3.05) is 6.61 Å². The van der Waals surface area contributed by atoms with Crippen molar-refractivity contribution in [1.82, 2.24) is 4.98 Å². The van der Waals surface area contributed by atoms with E-state index in [0.29, 0.717) is 17.8 Å². The van der Waals surface area contributed by atoms with Crippen molar-refractivity contribution in [3.05, 3.63) is 84.2 Å². The number of aromatic nitrogens is 1. The Kier molecular flexibility index (Phi) is 4.96. The zero-order valence-corrected chi connectivity index (χ0v) is 15.7. The summed E-state index contributed by atoms with van der Waals surface area (Å²) in [6, 6.07) is 21.0. The van der Waals surface area contributed by atoms with Crippen LogP contribution in [0.2, 0.25) is 0 Å². The topological polar surface area (TPSA) is 59.4 Å². The summed E-state index contributed by atoms with van der Waals surface area (Å²) in [4.78, 5) is 16.2. The third-order valence-electron chi connectivity index (χ3n) is 4.68. The van der Waals surface area contributed by atoms with Gasteiger partial charge in [0.25, 0.3) is 0 Å². The fraction of sp³-hybridized carbons (Fsp3) is 0.0833. The maximum atomic E-state index is 13.5. The Morgan fingerprint density at radius 3 is 2.17 bits per heavy atom. The van der Waals surface area contributed by atoms with Crippen molar-refractivity contribution in [3.8, 4) is 28.1 Å². The van der Waals surface area contributed by atoms with E-state index in [1.165, 1.54) is 24.3 Å². The third-order valence-corrected chi connectivity index (χ3v) is 4.68. The van der Waals surface area contributed by atoms with Crippen molar-refractivity contribution in [2.45, 2.75) is 6.92 Å². The van der Waals surface area contributed by atoms with Gasteiger partial charge < -0.3 is 9.84 Å². The molecule has 1 aromatic heterocycles. The van der Waals surface area contributed by atoms with Gasteiger partial charge in [0.2, 0.25) is 0 Å². The van der Waals surface area contributed by atoms with Crippen LogP contribution in [0.25, 0.3) is 33.3 Å². The first-order valence-electron chi connectivity index (χ1n) is 9.22. The van der Waals surface area contributed by atoms with E-state index >= 15 is 0 Å². The molecule has 4 aromatic rings. The molecular weight excluding hydrogens is 369 g/mol. The number of carboxylic acid groups (broad SMARTS) is 1. The van der Waals surface area contributed by atoms with E-state index in [1.54, 1.807) is 0 Å². The van der Waals surface area contributed by atoms with Gasteiger partial charge in [-0.1, -0.05) is 36.4 Å². The second-order valence-corrected chi connectivity index (χ2v) is 6.56. The Balaban J connectivity index is 1.71. The van der Waals surface area contributed by atoms with Crippen molar-refractivity contribution in [3.63, 3.8) is 0 Å². The summed E-state index contributed by atoms with van der Waals surface area (Å²) >= 11 is 0. The molecule has 5 heteroatoms. The molecule has 0 saturated carbocycles. The SMILES string of the molecule is CCOc1ccc(-c2ccc(-c3cc(C(=O)O)c4cc(F)ccc4n3)cc2)cc1. The van der Waals surface area contributed by atoms with Gasteiger partial charge in [-0.25, -0.2) is 14.2 Å². The maximum Gasteiger partial charge on any atom is 0.336 e. The largest absolute Gasteiger partial charge is 0.494 e. The fourth-order valence-corrected chi connectivity index (χ4v) is 3.27. The third kappa shape index (κ3) is 3.80. The summed E-state index contributed by atoms with van der Waals surface area (Å²) in [6.45, 7) is 2.57. The lowest BCUT2D eigenvalue weighted by Gasteiger charge is -2.09. The summed E-state index contributed by atoms with van der Waals surface area (Å²) in [7, 11) is 0. The molecule has 1 heterocycles. The van der Waals surface area contributed by atoms with E-state index in [4.69, 9.17) is 4.74 Å². The standard InChI is InChI=1S/C24H18FNO3/c1-2-29-19-10-7-16(8-11-19)15-3-5-17(6-4-15)23-14-21(24(27)28)20-13-18(25)9-12-22(20)26-23/h3-14H,2H2,1H3,(H,27,28). The highest BCUT2D eigenvalue weighted by atomic mass is 19.1. The van der Waals surface area contributed by atoms with Gasteiger partial charge in [0, 0.05) is 10.9 Å². The Morgan fingerprint density at radius 1 is 0.931 bits per heavy atom. The molecule has 0 aliphatic heterocycles. The second kappa shape index (κ2) is 7.72. The number of carbonyl (C=O) groups is 1. The first kappa shape index (κ1) is 18.6. The van der Waals surface area contributed by atoms with Crippen LogP contribution in [0, 0.1) is 5.82 Å². The molecule has 0 spiro atoms. The number of carboxylic acids is 1. The van der Waals surface area contributed by atoms with Crippen molar-refractivity contribution in [2.24, 2.45) is 0 Å². The van der Waals surface area contributed by atoms with Gasteiger partial charge >= 0.3 is 5.97 Å². The summed E-state index contributed by atoms with van der Waals surface area (Å²) in [5, 5.41) is 9.82. The summed E-state index contributed by atoms with van der Waals surface area (Å²) < 4.78 is 19.0. The minimum atomic E-state index is -1.12. The van der Waals surface area contributed by atoms with Crippen LogP contribution in [0.3, 0.4) is 0 Å². The molecule has 4 nitrogen and oxygen atoms in total. The quantitative estimate of drug-likeness (QED) is 0.470. The number of halogens is 1. The van der Waals surface area contributed by atoms with Crippen LogP contribution in [0.4, 0.5) is 4.39 Å². The Labute approximate surface area is 167 Å². The van der Waals surface area contributed by atoms with E-state index in [1.807, 2.05) is 55.5 Å². The molecule has 0 fully saturated rings. The zero-order valence-electron chi connectivity index (χ0n) is 15.7. The predicted octanol–water partition coefficient (Wildman–Crippen LogP) is 5.80. The highest BCUT2D eigenvalue weighted by molar-refractivity contribution is 6.03. The van der Waals surface area contributed by atoms with Gasteiger partial charge in [0.05, 0.1) is 23.4 Å². The molecule has 0 bridgehead atoms. The lowest BCUT2D eigenvalue weighted by Crippen LogP contribution is -2.00. The van der Waals surface area contributed by atoms with Crippen molar-refractivity contribution >= 4 is 16.9 Å². The molecule has 4 rings (SSSR count). The van der Waals surface area contributed by atoms with Gasteiger partial charge in [-0.2, -0.15) is 0 Å². The smallest absolute Gasteiger partial charge is 0.336 e. The Morgan fingerprint density at radius 2 is 1.55 bits per heavy atom. The number of rotatable bonds is 5. The van der Waals surface area contributed by atoms with Crippen LogP contribution >= 0.6 is 0 Å². The number of fused-ring (bicyclic) bond motifs is 1. The summed E-state index contributed by atoms with van der Waals surface area (Å²) in [5.74, 6) is -0.782. The summed E-state index contributed by atoms with van der Waals surface area (Å²) in [6.07, 6.45) is 0. The Hall–Kier alpha value is -3.73. The van der Waals surface area contributed by atoms with Crippen LogP contribution in [0.1, 0.15) is 17.3 Å². The van der Waals surface area contributed by atoms with E-state index < -0.39 is 11.8 Å². The molecular formula is C24H18FNO3. The van der Waals surface area contributed by atoms with Gasteiger partial charge in [-0.05, 0) is 54.4 Å². The summed E-state index contributed by atoms with van der Waals surface area (Å²) in [5.41, 5.74) is 3.86. The van der Waals surface area contributed by atoms with E-state index in [2.05, 4.69) is 4.98 Å². The van der Waals surface area contributed by atoms with Gasteiger partial charge in [-0.3, -0.25) is 0 Å². The second-order valence-electron chi connectivity index (χ2n) is 6.56. The lowest BCUT2D eigenvalue weighted by atomic mass is 10.0. The van der Waals surface area contributed by atoms with E-state index in [0.717, 1.165) is 22.4 Å². The lowest BCUT2D eigenvalue weighted by molar-refractivity contribution is 0.0699. The number of hydrogen-bond acceptors (Lipinski definition) is 3. The van der Waals surface area contributed by atoms with Crippen LogP contribution in [-0.2, 0) is 0 Å². The molecule has 0 aliphatic carbocycles. The van der Waals surface area contributed by atoms with Crippen LogP contribution in [-0.4, -0.2) is 22.7 Å². The predicted molar refractivity (Wildman–Crippen MR) is 111 cm³/mol. The fourth-order valence-electron chi connectivity index (χ4n) is 3.27. The minimum absolute atomic E-state index is 0.0279. The molecule has 0 amide bonds. The highest BCUT2D eigenvalue weighted by Gasteiger charge is 2.14. The molecule has 0 aliphatic rings. The van der Waals surface area contributed by atoms with Crippen LogP contribution in [0.15, 0.2) is 72.8 Å². The zero-order chi connectivity index (χ0) is 20.4. The average molecular weight is 387 g/mol. The normalized spacial score (nSPS) is 10.8. The molecule has 3 aromatic carbocycles. The number of pyridine rings is 1. The highest BCUT2D eigenvalue weighted by Crippen LogP contribution is 2.28. The van der Waals surface area contributed by atoms with Crippen LogP contribution in [0.5, 0.6) is 5.75 Å². The number of ether oxygens (including phenoxy) is 1. The molecule has 1 N–H and O–H groups in total. The van der Waals surface area contributed by atoms with Gasteiger partial charge in [0.1, 0.15) is 11.6 Å². The van der Waals surface area contributed by atoms with Gasteiger partial charge in [-0.15, -0.1) is 0 Å². The number of hydrogen-bond donors (Lipinski definition) is 1. The van der Waals surface area contributed by atoms with E-state index in [9.17, 15) is 14.3 Å². The van der Waals surface area contributed by atoms with Crippen molar-refractivity contribution in [1.29, 1.82) is 0 Å². The number of benzene rings is 3. The monoisotopic (exact) mass is 387 g/mol. The molecule has 0 unspecified atom stereocenters. The molecule has 0 atom stereocenters. The average Bonchev–Trinajstić information content (AvgIpc) is 2.74. The first-order chi connectivity index (χ1) is 14.0. The first-order valence-corrected chi connectivity index (χ1v) is 9.22. The molecule has 144 valence electrons.